The number of hydrogen-bond donors (Lipinski definition) is 1. The van der Waals surface area contributed by atoms with E-state index in [2.05, 4.69) is 27.3 Å². The molecule has 1 saturated heterocycles. The second-order valence-corrected chi connectivity index (χ2v) is 7.95. The highest BCUT2D eigenvalue weighted by Crippen LogP contribution is 2.23. The Morgan fingerprint density at radius 1 is 1.19 bits per heavy atom. The summed E-state index contributed by atoms with van der Waals surface area (Å²) in [5, 5.41) is 7.38. The lowest BCUT2D eigenvalue weighted by atomic mass is 9.96. The van der Waals surface area contributed by atoms with Crippen LogP contribution in [0, 0.1) is 12.8 Å². The van der Waals surface area contributed by atoms with Crippen molar-refractivity contribution in [1.82, 2.24) is 20.4 Å². The monoisotopic (exact) mass is 368 g/mol. The summed E-state index contributed by atoms with van der Waals surface area (Å²) in [6, 6.07) is 8.46. The predicted molar refractivity (Wildman–Crippen MR) is 103 cm³/mol. The van der Waals surface area contributed by atoms with Crippen LogP contribution in [0.3, 0.4) is 0 Å². The van der Waals surface area contributed by atoms with Gasteiger partial charge in [-0.2, -0.15) is 4.98 Å². The van der Waals surface area contributed by atoms with Crippen molar-refractivity contribution in [2.45, 2.75) is 58.0 Å². The molecule has 6 heteroatoms. The molecule has 0 unspecified atom stereocenters. The Morgan fingerprint density at radius 2 is 1.96 bits per heavy atom. The zero-order valence-corrected chi connectivity index (χ0v) is 16.0. The number of rotatable bonds is 5. The van der Waals surface area contributed by atoms with Crippen molar-refractivity contribution in [3.63, 3.8) is 0 Å². The van der Waals surface area contributed by atoms with Crippen LogP contribution in [0.5, 0.6) is 0 Å². The number of likely N-dealkylation sites (tertiary alicyclic amines) is 1. The first kappa shape index (κ1) is 18.2. The number of aromatic nitrogens is 2. The van der Waals surface area contributed by atoms with Crippen molar-refractivity contribution in [3.05, 3.63) is 35.7 Å². The summed E-state index contributed by atoms with van der Waals surface area (Å²) < 4.78 is 5.43. The molecule has 2 aromatic rings. The maximum Gasteiger partial charge on any atom is 0.257 e. The normalized spacial score (nSPS) is 21.4. The zero-order valence-electron chi connectivity index (χ0n) is 16.0. The first-order valence-corrected chi connectivity index (χ1v) is 10.1. The Balaban J connectivity index is 1.34. The van der Waals surface area contributed by atoms with E-state index in [1.165, 1.54) is 18.4 Å². The predicted octanol–water partition coefficient (Wildman–Crippen LogP) is 3.32. The maximum atomic E-state index is 12.6. The van der Waals surface area contributed by atoms with Crippen LogP contribution in [0.25, 0.3) is 11.5 Å². The van der Waals surface area contributed by atoms with Crippen molar-refractivity contribution in [3.8, 4) is 11.5 Å². The van der Waals surface area contributed by atoms with Crippen LogP contribution in [0.15, 0.2) is 28.8 Å². The average molecular weight is 368 g/mol. The molecule has 0 radical (unpaired) electrons. The standard InChI is InChI=1S/C21H28N4O2/c1-15-8-10-16(11-9-15)21-23-19(24-27-21)14-25-12-4-5-17(13-25)20(26)22-18-6-2-3-7-18/h8-11,17-18H,2-7,12-14H2,1H3,(H,22,26)/t17-/m1/s1. The molecule has 1 aliphatic heterocycles. The third-order valence-electron chi connectivity index (χ3n) is 5.71. The second kappa shape index (κ2) is 8.21. The van der Waals surface area contributed by atoms with E-state index in [1.54, 1.807) is 0 Å². The fourth-order valence-electron chi connectivity index (χ4n) is 4.13. The largest absolute Gasteiger partial charge is 0.353 e. The van der Waals surface area contributed by atoms with Crippen LogP contribution in [0.2, 0.25) is 0 Å². The van der Waals surface area contributed by atoms with Gasteiger partial charge in [0.2, 0.25) is 5.91 Å². The molecule has 0 spiro atoms. The van der Waals surface area contributed by atoms with E-state index < -0.39 is 0 Å². The minimum Gasteiger partial charge on any atom is -0.353 e. The summed E-state index contributed by atoms with van der Waals surface area (Å²) in [6.45, 7) is 4.43. The van der Waals surface area contributed by atoms with Crippen molar-refractivity contribution in [2.75, 3.05) is 13.1 Å². The van der Waals surface area contributed by atoms with Gasteiger partial charge in [0, 0.05) is 18.2 Å². The summed E-state index contributed by atoms with van der Waals surface area (Å²) in [4.78, 5) is 19.4. The van der Waals surface area contributed by atoms with Gasteiger partial charge >= 0.3 is 0 Å². The van der Waals surface area contributed by atoms with E-state index in [-0.39, 0.29) is 11.8 Å². The Kier molecular flexibility index (Phi) is 5.53. The van der Waals surface area contributed by atoms with Crippen LogP contribution >= 0.6 is 0 Å². The summed E-state index contributed by atoms with van der Waals surface area (Å²) in [6.07, 6.45) is 6.74. The van der Waals surface area contributed by atoms with Crippen LogP contribution < -0.4 is 5.32 Å². The fraction of sp³-hybridized carbons (Fsp3) is 0.571. The van der Waals surface area contributed by atoms with Gasteiger partial charge in [0.05, 0.1) is 12.5 Å². The zero-order chi connectivity index (χ0) is 18.6. The highest BCUT2D eigenvalue weighted by Gasteiger charge is 2.28. The lowest BCUT2D eigenvalue weighted by Gasteiger charge is -2.31. The lowest BCUT2D eigenvalue weighted by molar-refractivity contribution is -0.127. The quantitative estimate of drug-likeness (QED) is 0.877. The molecule has 2 aliphatic rings. The van der Waals surface area contributed by atoms with E-state index in [0.29, 0.717) is 24.3 Å². The highest BCUT2D eigenvalue weighted by molar-refractivity contribution is 5.79. The SMILES string of the molecule is Cc1ccc(-c2nc(CN3CCC[C@@H](C(=O)NC4CCCC4)C3)no2)cc1. The summed E-state index contributed by atoms with van der Waals surface area (Å²) in [5.41, 5.74) is 2.14. The highest BCUT2D eigenvalue weighted by atomic mass is 16.5. The molecule has 2 heterocycles. The molecule has 4 rings (SSSR count). The molecule has 1 aromatic heterocycles. The molecule has 144 valence electrons. The number of benzene rings is 1. The Labute approximate surface area is 160 Å². The topological polar surface area (TPSA) is 71.3 Å². The Bertz CT molecular complexity index is 765. The molecule has 1 aromatic carbocycles. The maximum absolute atomic E-state index is 12.6. The summed E-state index contributed by atoms with van der Waals surface area (Å²) >= 11 is 0. The Hall–Kier alpha value is -2.21. The summed E-state index contributed by atoms with van der Waals surface area (Å²) in [5.74, 6) is 1.53. The van der Waals surface area contributed by atoms with Crippen molar-refractivity contribution in [2.24, 2.45) is 5.92 Å². The van der Waals surface area contributed by atoms with Crippen LogP contribution in [0.1, 0.15) is 49.9 Å². The van der Waals surface area contributed by atoms with Gasteiger partial charge in [0.25, 0.3) is 5.89 Å². The molecular weight excluding hydrogens is 340 g/mol. The first-order valence-electron chi connectivity index (χ1n) is 10.1. The van der Waals surface area contributed by atoms with Gasteiger partial charge in [0.15, 0.2) is 5.82 Å². The van der Waals surface area contributed by atoms with Crippen LogP contribution in [-0.2, 0) is 11.3 Å². The third-order valence-corrected chi connectivity index (χ3v) is 5.71. The van der Waals surface area contributed by atoms with E-state index in [0.717, 1.165) is 44.3 Å². The van der Waals surface area contributed by atoms with Gasteiger partial charge < -0.3 is 9.84 Å². The van der Waals surface area contributed by atoms with Gasteiger partial charge in [-0.15, -0.1) is 0 Å². The third kappa shape index (κ3) is 4.56. The number of hydrogen-bond acceptors (Lipinski definition) is 5. The minimum absolute atomic E-state index is 0.0721. The van der Waals surface area contributed by atoms with Gasteiger partial charge in [-0.25, -0.2) is 0 Å². The first-order chi connectivity index (χ1) is 13.2. The fourth-order valence-corrected chi connectivity index (χ4v) is 4.13. The number of nitrogens with one attached hydrogen (secondary N) is 1. The molecule has 27 heavy (non-hydrogen) atoms. The van der Waals surface area contributed by atoms with Crippen LogP contribution in [0.4, 0.5) is 0 Å². The van der Waals surface area contributed by atoms with Gasteiger partial charge in [-0.05, 0) is 51.3 Å². The molecular formula is C21H28N4O2. The van der Waals surface area contributed by atoms with Gasteiger partial charge in [-0.3, -0.25) is 9.69 Å². The molecule has 1 amide bonds. The average Bonchev–Trinajstić information content (AvgIpc) is 3.35. The van der Waals surface area contributed by atoms with E-state index >= 15 is 0 Å². The molecule has 1 aliphatic carbocycles. The number of amides is 1. The second-order valence-electron chi connectivity index (χ2n) is 7.95. The molecule has 0 bridgehead atoms. The van der Waals surface area contributed by atoms with E-state index in [1.807, 2.05) is 24.3 Å². The minimum atomic E-state index is 0.0721. The number of carbonyl (C=O) groups excluding carboxylic acids is 1. The number of aryl methyl sites for hydroxylation is 1. The van der Waals surface area contributed by atoms with E-state index in [4.69, 9.17) is 4.52 Å². The lowest BCUT2D eigenvalue weighted by Crippen LogP contribution is -2.45. The molecule has 1 atom stereocenters. The number of carbonyl (C=O) groups is 1. The summed E-state index contributed by atoms with van der Waals surface area (Å²) in [7, 11) is 0. The molecule has 1 saturated carbocycles. The van der Waals surface area contributed by atoms with Crippen molar-refractivity contribution >= 4 is 5.91 Å². The Morgan fingerprint density at radius 3 is 2.74 bits per heavy atom. The smallest absolute Gasteiger partial charge is 0.257 e. The molecule has 1 N–H and O–H groups in total. The number of nitrogens with zero attached hydrogens (tertiary/aromatic N) is 3. The van der Waals surface area contributed by atoms with Crippen molar-refractivity contribution in [1.29, 1.82) is 0 Å². The van der Waals surface area contributed by atoms with Gasteiger partial charge in [0.1, 0.15) is 0 Å². The van der Waals surface area contributed by atoms with Crippen LogP contribution in [-0.4, -0.2) is 40.1 Å². The molecule has 6 nitrogen and oxygen atoms in total. The van der Waals surface area contributed by atoms with Crippen molar-refractivity contribution < 1.29 is 9.32 Å². The van der Waals surface area contributed by atoms with Gasteiger partial charge in [-0.1, -0.05) is 35.7 Å². The van der Waals surface area contributed by atoms with E-state index in [9.17, 15) is 4.79 Å². The molecule has 2 fully saturated rings. The number of piperidine rings is 1.